The minimum Gasteiger partial charge on any atom is -0.569 e. The van der Waals surface area contributed by atoms with Crippen molar-refractivity contribution >= 4 is 11.8 Å². The largest absolute Gasteiger partial charge is 0.569 e. The number of aliphatic hydroxyl groups excluding tert-OH is 1. The maximum Gasteiger partial charge on any atom is 0.264 e. The van der Waals surface area contributed by atoms with Crippen LogP contribution >= 0.6 is 0 Å². The smallest absolute Gasteiger partial charge is 0.264 e. The fourth-order valence-corrected chi connectivity index (χ4v) is 2.31. The van der Waals surface area contributed by atoms with Gasteiger partial charge < -0.3 is 15.2 Å². The van der Waals surface area contributed by atoms with Crippen LogP contribution in [0.25, 0.3) is 0 Å². The number of rotatable bonds is 6. The van der Waals surface area contributed by atoms with E-state index in [1.165, 1.54) is 5.01 Å². The van der Waals surface area contributed by atoms with Crippen molar-refractivity contribution in [2.75, 3.05) is 19.9 Å². The molecule has 2 rings (SSSR count). The summed E-state index contributed by atoms with van der Waals surface area (Å²) in [5, 5.41) is 25.6. The van der Waals surface area contributed by atoms with Gasteiger partial charge in [-0.3, -0.25) is 9.59 Å². The summed E-state index contributed by atoms with van der Waals surface area (Å²) in [7, 11) is 0. The molecule has 1 N–H and O–H groups in total. The first-order valence-electron chi connectivity index (χ1n) is 7.41. The van der Waals surface area contributed by atoms with Crippen LogP contribution in [0.1, 0.15) is 41.5 Å². The third-order valence-corrected chi connectivity index (χ3v) is 3.49. The SMILES string of the molecule is CC(C)(C)N(CCO)/[N+]([O-])=N/OCN1C(=O)c2ccccc2C1=O. The molecule has 0 saturated heterocycles. The van der Waals surface area contributed by atoms with Gasteiger partial charge in [-0.05, 0) is 32.9 Å². The molecule has 0 bridgehead atoms. The van der Waals surface area contributed by atoms with Crippen LogP contribution in [-0.4, -0.2) is 57.2 Å². The standard InChI is InChI=1S/C15H20N4O5/c1-15(2,3)18(8-9-20)19(23)16-24-10-17-13(21)11-6-4-5-7-12(11)14(17)22/h4-7,20H,8-10H2,1-3H3/b19-16-. The van der Waals surface area contributed by atoms with Gasteiger partial charge in [-0.1, -0.05) is 12.1 Å². The van der Waals surface area contributed by atoms with Gasteiger partial charge in [0, 0.05) is 0 Å². The zero-order valence-electron chi connectivity index (χ0n) is 13.8. The van der Waals surface area contributed by atoms with Crippen molar-refractivity contribution in [1.82, 2.24) is 9.91 Å². The Morgan fingerprint density at radius 2 is 1.79 bits per heavy atom. The van der Waals surface area contributed by atoms with E-state index in [4.69, 9.17) is 9.94 Å². The molecule has 0 unspecified atom stereocenters. The molecule has 0 saturated carbocycles. The van der Waals surface area contributed by atoms with Crippen molar-refractivity contribution in [3.63, 3.8) is 0 Å². The van der Waals surface area contributed by atoms with Crippen molar-refractivity contribution in [2.24, 2.45) is 5.28 Å². The number of carbonyl (C=O) groups is 2. The number of nitrogens with zero attached hydrogens (tertiary/aromatic N) is 4. The second-order valence-electron chi connectivity index (χ2n) is 6.19. The van der Waals surface area contributed by atoms with E-state index in [-0.39, 0.29) is 18.1 Å². The predicted molar refractivity (Wildman–Crippen MR) is 82.5 cm³/mol. The molecule has 0 aliphatic carbocycles. The van der Waals surface area contributed by atoms with Gasteiger partial charge in [0.2, 0.25) is 12.0 Å². The van der Waals surface area contributed by atoms with Crippen LogP contribution in [0.5, 0.6) is 0 Å². The Kier molecular flexibility index (Phi) is 5.03. The normalized spacial score (nSPS) is 14.8. The Labute approximate surface area is 139 Å². The first-order valence-corrected chi connectivity index (χ1v) is 7.41. The monoisotopic (exact) mass is 336 g/mol. The van der Waals surface area contributed by atoms with Crippen LogP contribution in [0.15, 0.2) is 29.5 Å². The van der Waals surface area contributed by atoms with Gasteiger partial charge in [-0.2, -0.15) is 0 Å². The molecule has 0 radical (unpaired) electrons. The average Bonchev–Trinajstić information content (AvgIpc) is 2.76. The van der Waals surface area contributed by atoms with Crippen LogP contribution in [0.2, 0.25) is 0 Å². The highest BCUT2D eigenvalue weighted by molar-refractivity contribution is 6.21. The number of imide groups is 1. The van der Waals surface area contributed by atoms with E-state index in [0.29, 0.717) is 11.1 Å². The van der Waals surface area contributed by atoms with E-state index in [0.717, 1.165) is 4.90 Å². The van der Waals surface area contributed by atoms with Gasteiger partial charge in [0.05, 0.1) is 28.2 Å². The van der Waals surface area contributed by atoms with E-state index >= 15 is 0 Å². The van der Waals surface area contributed by atoms with Crippen molar-refractivity contribution in [3.8, 4) is 0 Å². The van der Waals surface area contributed by atoms with Gasteiger partial charge in [0.15, 0.2) is 0 Å². The molecule has 1 aromatic carbocycles. The Morgan fingerprint density at radius 3 is 2.25 bits per heavy atom. The molecule has 2 amide bonds. The lowest BCUT2D eigenvalue weighted by Gasteiger charge is -2.29. The third kappa shape index (κ3) is 3.46. The van der Waals surface area contributed by atoms with Crippen LogP contribution in [0.4, 0.5) is 0 Å². The summed E-state index contributed by atoms with van der Waals surface area (Å²) >= 11 is 0. The van der Waals surface area contributed by atoms with E-state index in [2.05, 4.69) is 5.28 Å². The van der Waals surface area contributed by atoms with E-state index in [1.54, 1.807) is 45.0 Å². The second kappa shape index (κ2) is 6.83. The maximum absolute atomic E-state index is 12.1. The average molecular weight is 336 g/mol. The molecule has 9 nitrogen and oxygen atoms in total. The van der Waals surface area contributed by atoms with Gasteiger partial charge in [-0.25, -0.2) is 4.90 Å². The summed E-state index contributed by atoms with van der Waals surface area (Å²) in [6.45, 7) is 4.67. The summed E-state index contributed by atoms with van der Waals surface area (Å²) in [4.78, 5) is 30.2. The van der Waals surface area contributed by atoms with Gasteiger partial charge in [-0.15, -0.1) is 5.01 Å². The number of hydrogen-bond acceptors (Lipinski definition) is 6. The highest BCUT2D eigenvalue weighted by Gasteiger charge is 2.36. The molecule has 130 valence electrons. The van der Waals surface area contributed by atoms with Crippen molar-refractivity contribution in [3.05, 3.63) is 40.6 Å². The van der Waals surface area contributed by atoms with Gasteiger partial charge in [0.1, 0.15) is 6.54 Å². The minimum atomic E-state index is -0.590. The molecular formula is C15H20N4O5. The first kappa shape index (κ1) is 17.7. The number of hydrazine groups is 1. The Bertz CT molecular complexity index is 633. The number of aliphatic hydroxyl groups is 1. The summed E-state index contributed by atoms with van der Waals surface area (Å²) < 4.78 is 0. The van der Waals surface area contributed by atoms with Crippen molar-refractivity contribution < 1.29 is 24.5 Å². The van der Waals surface area contributed by atoms with Crippen LogP contribution < -0.4 is 0 Å². The molecule has 1 heterocycles. The van der Waals surface area contributed by atoms with Crippen molar-refractivity contribution in [1.29, 1.82) is 0 Å². The van der Waals surface area contributed by atoms with E-state index < -0.39 is 24.1 Å². The van der Waals surface area contributed by atoms with Crippen molar-refractivity contribution in [2.45, 2.75) is 26.3 Å². The molecule has 1 aliphatic rings. The predicted octanol–water partition coefficient (Wildman–Crippen LogP) is 1.14. The zero-order valence-corrected chi connectivity index (χ0v) is 13.8. The topological polar surface area (TPSA) is 109 Å². The molecular weight excluding hydrogens is 316 g/mol. The Morgan fingerprint density at radius 1 is 1.25 bits per heavy atom. The van der Waals surface area contributed by atoms with Crippen LogP contribution in [-0.2, 0) is 4.84 Å². The molecule has 1 aromatic rings. The lowest BCUT2D eigenvalue weighted by molar-refractivity contribution is -0.725. The Balaban J connectivity index is 2.04. The van der Waals surface area contributed by atoms with E-state index in [9.17, 15) is 14.8 Å². The highest BCUT2D eigenvalue weighted by Crippen LogP contribution is 2.22. The molecule has 0 atom stereocenters. The Hall–Kier alpha value is -2.68. The first-order chi connectivity index (χ1) is 11.3. The van der Waals surface area contributed by atoms with E-state index in [1.807, 2.05) is 0 Å². The number of amides is 2. The summed E-state index contributed by atoms with van der Waals surface area (Å²) in [5.74, 6) is -0.988. The van der Waals surface area contributed by atoms with Gasteiger partial charge in [0.25, 0.3) is 11.8 Å². The molecule has 1 aliphatic heterocycles. The van der Waals surface area contributed by atoms with Gasteiger partial charge >= 0.3 is 0 Å². The minimum absolute atomic E-state index is 0.0624. The maximum atomic E-state index is 12.1. The quantitative estimate of drug-likeness (QED) is 0.361. The molecule has 24 heavy (non-hydrogen) atoms. The summed E-state index contributed by atoms with van der Waals surface area (Å²) in [6, 6.07) is 6.42. The highest BCUT2D eigenvalue weighted by atomic mass is 16.7. The summed E-state index contributed by atoms with van der Waals surface area (Å²) in [6.07, 6.45) is 0. The number of fused-ring (bicyclic) bond motifs is 1. The lowest BCUT2D eigenvalue weighted by Crippen LogP contribution is -2.47. The van der Waals surface area contributed by atoms with Crippen LogP contribution in [0.3, 0.4) is 0 Å². The second-order valence-corrected chi connectivity index (χ2v) is 6.19. The van der Waals surface area contributed by atoms with Crippen LogP contribution in [0, 0.1) is 5.21 Å². The fraction of sp³-hybridized carbons (Fsp3) is 0.467. The molecule has 0 fully saturated rings. The zero-order chi connectivity index (χ0) is 17.9. The lowest BCUT2D eigenvalue weighted by atomic mass is 10.1. The number of carbonyl (C=O) groups excluding carboxylic acids is 2. The summed E-state index contributed by atoms with van der Waals surface area (Å²) in [5.41, 5.74) is -0.00398. The molecule has 9 heteroatoms. The number of benzene rings is 1. The molecule has 0 spiro atoms. The fourth-order valence-electron chi connectivity index (χ4n) is 2.31. The number of hydrogen-bond donors (Lipinski definition) is 1. The molecule has 0 aromatic heterocycles. The number of β-amino-alcohol motifs (C(OH)–C–C–N with tert-alkyl or cyclic N) is 1. The third-order valence-electron chi connectivity index (χ3n) is 3.49.